The Morgan fingerprint density at radius 3 is 2.62 bits per heavy atom. The lowest BCUT2D eigenvalue weighted by atomic mass is 9.97. The molecule has 0 amide bonds. The van der Waals surface area contributed by atoms with Crippen molar-refractivity contribution in [2.24, 2.45) is 0 Å². The number of aromatic nitrogens is 3. The molecular formula is C21H21ClF3N5OS. The minimum absolute atomic E-state index is 0.00798. The summed E-state index contributed by atoms with van der Waals surface area (Å²) in [7, 11) is 0. The lowest BCUT2D eigenvalue weighted by Gasteiger charge is -2.35. The van der Waals surface area contributed by atoms with Crippen molar-refractivity contribution in [2.75, 3.05) is 31.1 Å². The molecule has 0 unspecified atom stereocenters. The number of H-pyrrole nitrogens is 1. The van der Waals surface area contributed by atoms with Crippen LogP contribution in [0.1, 0.15) is 34.7 Å². The second-order valence-corrected chi connectivity index (χ2v) is 9.68. The number of hydrogen-bond donors (Lipinski definition) is 1. The number of pyridine rings is 1. The van der Waals surface area contributed by atoms with Gasteiger partial charge in [0, 0.05) is 37.3 Å². The first kappa shape index (κ1) is 21.7. The van der Waals surface area contributed by atoms with Crippen LogP contribution in [0.15, 0.2) is 17.1 Å². The molecule has 0 saturated carbocycles. The number of thiophene rings is 1. The Morgan fingerprint density at radius 2 is 1.91 bits per heavy atom. The van der Waals surface area contributed by atoms with Gasteiger partial charge in [-0.1, -0.05) is 11.6 Å². The second-order valence-electron chi connectivity index (χ2n) is 8.19. The fourth-order valence-electron chi connectivity index (χ4n) is 4.43. The summed E-state index contributed by atoms with van der Waals surface area (Å²) in [6.07, 6.45) is 0.586. The van der Waals surface area contributed by atoms with E-state index in [1.54, 1.807) is 11.3 Å². The Balaban J connectivity index is 1.27. The zero-order chi connectivity index (χ0) is 22.5. The Kier molecular flexibility index (Phi) is 5.63. The van der Waals surface area contributed by atoms with Gasteiger partial charge in [0.2, 0.25) is 0 Å². The molecule has 32 heavy (non-hydrogen) atoms. The lowest BCUT2D eigenvalue weighted by molar-refractivity contribution is -0.137. The first-order valence-corrected chi connectivity index (χ1v) is 11.7. The molecule has 1 N–H and O–H groups in total. The number of rotatable bonds is 3. The lowest BCUT2D eigenvalue weighted by Crippen LogP contribution is -2.46. The summed E-state index contributed by atoms with van der Waals surface area (Å²) in [5.74, 6) is 0.997. The minimum atomic E-state index is -4.47. The first-order valence-electron chi connectivity index (χ1n) is 10.5. The predicted octanol–water partition coefficient (Wildman–Crippen LogP) is 4.25. The molecule has 1 aliphatic heterocycles. The third-order valence-corrected chi connectivity index (χ3v) is 7.53. The second kappa shape index (κ2) is 8.31. The van der Waals surface area contributed by atoms with Gasteiger partial charge in [-0.3, -0.25) is 9.69 Å². The van der Waals surface area contributed by atoms with Crippen molar-refractivity contribution in [3.8, 4) is 0 Å². The average molecular weight is 484 g/mol. The van der Waals surface area contributed by atoms with Crippen molar-refractivity contribution >= 4 is 39.0 Å². The highest BCUT2D eigenvalue weighted by Gasteiger charge is 2.32. The molecule has 1 fully saturated rings. The van der Waals surface area contributed by atoms with E-state index in [-0.39, 0.29) is 10.6 Å². The number of nitrogens with one attached hydrogen (secondary N) is 1. The third-order valence-electron chi connectivity index (χ3n) is 6.07. The number of aromatic amines is 1. The average Bonchev–Trinajstić information content (AvgIpc) is 3.12. The molecule has 1 saturated heterocycles. The highest BCUT2D eigenvalue weighted by atomic mass is 35.5. The van der Waals surface area contributed by atoms with E-state index >= 15 is 0 Å². The van der Waals surface area contributed by atoms with Gasteiger partial charge in [0.25, 0.3) is 5.56 Å². The summed E-state index contributed by atoms with van der Waals surface area (Å²) < 4.78 is 38.5. The summed E-state index contributed by atoms with van der Waals surface area (Å²) >= 11 is 7.72. The first-order chi connectivity index (χ1) is 15.3. The van der Waals surface area contributed by atoms with E-state index in [1.165, 1.54) is 10.4 Å². The van der Waals surface area contributed by atoms with Gasteiger partial charge in [0.05, 0.1) is 22.5 Å². The van der Waals surface area contributed by atoms with Gasteiger partial charge < -0.3 is 9.88 Å². The normalized spacial score (nSPS) is 17.7. The Hall–Kier alpha value is -2.17. The van der Waals surface area contributed by atoms with E-state index in [2.05, 4.69) is 14.9 Å². The Bertz CT molecular complexity index is 1220. The van der Waals surface area contributed by atoms with Crippen LogP contribution in [0.3, 0.4) is 0 Å². The maximum atomic E-state index is 12.8. The molecule has 0 spiro atoms. The zero-order valence-corrected chi connectivity index (χ0v) is 18.7. The van der Waals surface area contributed by atoms with Gasteiger partial charge in [-0.25, -0.2) is 9.97 Å². The number of halogens is 4. The molecule has 3 aromatic heterocycles. The van der Waals surface area contributed by atoms with Crippen molar-refractivity contribution < 1.29 is 13.2 Å². The van der Waals surface area contributed by atoms with E-state index < -0.39 is 11.7 Å². The van der Waals surface area contributed by atoms with Crippen molar-refractivity contribution in [3.63, 3.8) is 0 Å². The molecular weight excluding hydrogens is 463 g/mol. The summed E-state index contributed by atoms with van der Waals surface area (Å²) in [5, 5.41) is 0.743. The van der Waals surface area contributed by atoms with Crippen LogP contribution in [-0.2, 0) is 25.6 Å². The van der Waals surface area contributed by atoms with Crippen molar-refractivity contribution in [2.45, 2.75) is 38.4 Å². The fraction of sp³-hybridized carbons (Fsp3) is 0.476. The van der Waals surface area contributed by atoms with Crippen LogP contribution in [0.2, 0.25) is 5.02 Å². The molecule has 0 atom stereocenters. The summed E-state index contributed by atoms with van der Waals surface area (Å²) in [5.41, 5.74) is 0.250. The third kappa shape index (κ3) is 4.11. The van der Waals surface area contributed by atoms with E-state index in [9.17, 15) is 18.0 Å². The molecule has 4 heterocycles. The largest absolute Gasteiger partial charge is 0.417 e. The van der Waals surface area contributed by atoms with Crippen LogP contribution < -0.4 is 10.5 Å². The highest BCUT2D eigenvalue weighted by Crippen LogP contribution is 2.35. The zero-order valence-electron chi connectivity index (χ0n) is 17.1. The number of fused-ring (bicyclic) bond motifs is 3. The molecule has 6 nitrogen and oxygen atoms in total. The van der Waals surface area contributed by atoms with Crippen LogP contribution in [0.25, 0.3) is 10.2 Å². The van der Waals surface area contributed by atoms with Crippen molar-refractivity contribution in [1.29, 1.82) is 0 Å². The van der Waals surface area contributed by atoms with Crippen LogP contribution in [-0.4, -0.2) is 46.0 Å². The maximum absolute atomic E-state index is 12.8. The Morgan fingerprint density at radius 1 is 1.16 bits per heavy atom. The maximum Gasteiger partial charge on any atom is 0.417 e. The number of aryl methyl sites for hydroxylation is 2. The molecule has 0 aromatic carbocycles. The molecule has 2 aliphatic rings. The number of nitrogens with zero attached hydrogens (tertiary/aromatic N) is 4. The number of hydrogen-bond acceptors (Lipinski definition) is 6. The van der Waals surface area contributed by atoms with Crippen LogP contribution in [0.5, 0.6) is 0 Å². The minimum Gasteiger partial charge on any atom is -0.353 e. The monoisotopic (exact) mass is 483 g/mol. The molecule has 1 aliphatic carbocycles. The number of alkyl halides is 3. The van der Waals surface area contributed by atoms with Gasteiger partial charge in [0.1, 0.15) is 16.5 Å². The summed E-state index contributed by atoms with van der Waals surface area (Å²) in [6.45, 7) is 2.95. The molecule has 5 rings (SSSR count). The highest BCUT2D eigenvalue weighted by molar-refractivity contribution is 7.18. The molecule has 0 bridgehead atoms. The van der Waals surface area contributed by atoms with E-state index in [0.717, 1.165) is 48.2 Å². The smallest absolute Gasteiger partial charge is 0.353 e. The topological polar surface area (TPSA) is 65.1 Å². The fourth-order valence-corrected chi connectivity index (χ4v) is 6.00. The van der Waals surface area contributed by atoms with E-state index in [4.69, 9.17) is 16.6 Å². The number of piperazine rings is 1. The van der Waals surface area contributed by atoms with E-state index in [0.29, 0.717) is 44.4 Å². The summed E-state index contributed by atoms with van der Waals surface area (Å²) in [6, 6.07) is 0.917. The summed E-state index contributed by atoms with van der Waals surface area (Å²) in [4.78, 5) is 30.5. The van der Waals surface area contributed by atoms with Gasteiger partial charge in [-0.05, 0) is 37.3 Å². The molecule has 3 aromatic rings. The van der Waals surface area contributed by atoms with Gasteiger partial charge in [0.15, 0.2) is 0 Å². The van der Waals surface area contributed by atoms with E-state index in [1.807, 2.05) is 4.90 Å². The van der Waals surface area contributed by atoms with Crippen LogP contribution >= 0.6 is 22.9 Å². The molecule has 0 radical (unpaired) electrons. The van der Waals surface area contributed by atoms with Crippen molar-refractivity contribution in [1.82, 2.24) is 19.9 Å². The molecule has 170 valence electrons. The van der Waals surface area contributed by atoms with Crippen LogP contribution in [0.4, 0.5) is 19.0 Å². The van der Waals surface area contributed by atoms with Crippen molar-refractivity contribution in [3.05, 3.63) is 49.5 Å². The standard InChI is InChI=1S/C21H21ClF3N5OS/c22-14-9-12(21(23,24)25)10-26-18(14)30-7-5-29(6-8-30)11-16-27-19(31)17-13-3-1-2-4-15(13)32-20(17)28-16/h9-10H,1-8,11H2,(H,27,28,31). The SMILES string of the molecule is O=c1[nH]c(CN2CCN(c3ncc(C(F)(F)F)cc3Cl)CC2)nc2sc3c(c12)CCCC3. The van der Waals surface area contributed by atoms with Gasteiger partial charge in [-0.2, -0.15) is 13.2 Å². The van der Waals surface area contributed by atoms with Gasteiger partial charge in [-0.15, -0.1) is 11.3 Å². The quantitative estimate of drug-likeness (QED) is 0.603. The Labute approximate surface area is 191 Å². The number of anilines is 1. The predicted molar refractivity (Wildman–Crippen MR) is 119 cm³/mol. The van der Waals surface area contributed by atoms with Crippen LogP contribution in [0, 0.1) is 0 Å². The molecule has 11 heteroatoms. The van der Waals surface area contributed by atoms with Gasteiger partial charge >= 0.3 is 6.18 Å².